The number of aliphatic hydroxyl groups excluding tert-OH is 1. The number of hydrogen-bond acceptors (Lipinski definition) is 3. The Balaban J connectivity index is 1.75. The molecule has 0 saturated heterocycles. The number of aliphatic hydroxyl groups is 1. The van der Waals surface area contributed by atoms with Crippen molar-refractivity contribution in [1.82, 2.24) is 0 Å². The van der Waals surface area contributed by atoms with E-state index in [0.717, 1.165) is 49.3 Å². The molecule has 0 aromatic carbocycles. The largest absolute Gasteiger partial charge is 0.478 e. The van der Waals surface area contributed by atoms with E-state index in [1.807, 2.05) is 12.2 Å². The number of allylic oxidation sites excluding steroid dienone is 3. The van der Waals surface area contributed by atoms with Crippen molar-refractivity contribution in [2.75, 3.05) is 0 Å². The first-order valence-corrected chi connectivity index (χ1v) is 8.93. The fraction of sp³-hybridized carbons (Fsp3) is 0.550. The number of aryl methyl sites for hydroxylation is 1. The standard InChI is InChI=1S/C20H28O4/c21-19(16-8-5-3-6-9-16)13-12-18-15-24-14-17(18)10-4-1-2-7-11-20(22)23/h1,4,7,11,14-16,19,21H,2-3,5-6,8-10,12-13H2,(H,22,23)/b4-1?,11-7-/t19-/m0/s1. The SMILES string of the molecule is O=C(O)/C=C\CC=CCc1cocc1CC[C@H](O)C1CCCCC1. The van der Waals surface area contributed by atoms with E-state index in [4.69, 9.17) is 9.52 Å². The van der Waals surface area contributed by atoms with Crippen molar-refractivity contribution in [2.24, 2.45) is 5.92 Å². The minimum absolute atomic E-state index is 0.204. The van der Waals surface area contributed by atoms with Crippen LogP contribution in [-0.4, -0.2) is 22.3 Å². The summed E-state index contributed by atoms with van der Waals surface area (Å²) in [5.41, 5.74) is 2.31. The van der Waals surface area contributed by atoms with Crippen LogP contribution < -0.4 is 0 Å². The van der Waals surface area contributed by atoms with E-state index in [0.29, 0.717) is 12.3 Å². The third kappa shape index (κ3) is 6.36. The van der Waals surface area contributed by atoms with Crippen LogP contribution >= 0.6 is 0 Å². The summed E-state index contributed by atoms with van der Waals surface area (Å²) in [6, 6.07) is 0. The molecule has 0 amide bonds. The zero-order valence-corrected chi connectivity index (χ0v) is 14.2. The lowest BCUT2D eigenvalue weighted by atomic mass is 9.83. The van der Waals surface area contributed by atoms with Gasteiger partial charge < -0.3 is 14.6 Å². The average molecular weight is 332 g/mol. The third-order valence-corrected chi connectivity index (χ3v) is 4.77. The summed E-state index contributed by atoms with van der Waals surface area (Å²) < 4.78 is 5.33. The fourth-order valence-electron chi connectivity index (χ4n) is 3.36. The fourth-order valence-corrected chi connectivity index (χ4v) is 3.36. The summed E-state index contributed by atoms with van der Waals surface area (Å²) in [6.07, 6.45) is 19.2. The highest BCUT2D eigenvalue weighted by molar-refractivity contribution is 5.79. The first-order chi connectivity index (χ1) is 11.7. The summed E-state index contributed by atoms with van der Waals surface area (Å²) in [5, 5.41) is 18.9. The van der Waals surface area contributed by atoms with E-state index in [1.165, 1.54) is 19.3 Å². The summed E-state index contributed by atoms with van der Waals surface area (Å²) in [6.45, 7) is 0. The molecular weight excluding hydrogens is 304 g/mol. The first kappa shape index (κ1) is 18.5. The Labute approximate surface area is 143 Å². The molecule has 0 bridgehead atoms. The van der Waals surface area contributed by atoms with E-state index < -0.39 is 5.97 Å². The molecule has 1 fully saturated rings. The molecule has 4 nitrogen and oxygen atoms in total. The Morgan fingerprint density at radius 2 is 1.92 bits per heavy atom. The van der Waals surface area contributed by atoms with Crippen LogP contribution in [0, 0.1) is 5.92 Å². The van der Waals surface area contributed by atoms with Crippen molar-refractivity contribution in [1.29, 1.82) is 0 Å². The van der Waals surface area contributed by atoms with Gasteiger partial charge in [-0.2, -0.15) is 0 Å². The summed E-state index contributed by atoms with van der Waals surface area (Å²) in [4.78, 5) is 10.4. The monoisotopic (exact) mass is 332 g/mol. The summed E-state index contributed by atoms with van der Waals surface area (Å²) in [5.74, 6) is -0.452. The maximum absolute atomic E-state index is 10.4. The van der Waals surface area contributed by atoms with Gasteiger partial charge >= 0.3 is 5.97 Å². The van der Waals surface area contributed by atoms with Gasteiger partial charge in [0.2, 0.25) is 0 Å². The lowest BCUT2D eigenvalue weighted by Gasteiger charge is -2.26. The van der Waals surface area contributed by atoms with Crippen molar-refractivity contribution in [3.8, 4) is 0 Å². The highest BCUT2D eigenvalue weighted by atomic mass is 16.4. The molecule has 1 saturated carbocycles. The van der Waals surface area contributed by atoms with Gasteiger partial charge in [-0.05, 0) is 55.6 Å². The van der Waals surface area contributed by atoms with Gasteiger partial charge in [-0.25, -0.2) is 4.79 Å². The molecule has 0 radical (unpaired) electrons. The van der Waals surface area contributed by atoms with Gasteiger partial charge in [0, 0.05) is 6.08 Å². The smallest absolute Gasteiger partial charge is 0.327 e. The molecule has 2 N–H and O–H groups in total. The molecule has 1 aromatic rings. The van der Waals surface area contributed by atoms with Crippen LogP contribution in [-0.2, 0) is 17.6 Å². The van der Waals surface area contributed by atoms with Gasteiger partial charge in [0.25, 0.3) is 0 Å². The van der Waals surface area contributed by atoms with Gasteiger partial charge in [-0.3, -0.25) is 0 Å². The summed E-state index contributed by atoms with van der Waals surface area (Å²) >= 11 is 0. The van der Waals surface area contributed by atoms with E-state index in [2.05, 4.69) is 0 Å². The Morgan fingerprint density at radius 1 is 1.17 bits per heavy atom. The zero-order valence-electron chi connectivity index (χ0n) is 14.2. The Morgan fingerprint density at radius 3 is 2.67 bits per heavy atom. The average Bonchev–Trinajstić information content (AvgIpc) is 3.03. The molecule has 1 heterocycles. The molecule has 1 aliphatic rings. The minimum Gasteiger partial charge on any atom is -0.478 e. The van der Waals surface area contributed by atoms with Crippen molar-refractivity contribution >= 4 is 5.97 Å². The van der Waals surface area contributed by atoms with Crippen molar-refractivity contribution in [3.63, 3.8) is 0 Å². The molecule has 2 rings (SSSR count). The Kier molecular flexibility index (Phi) is 7.83. The maximum Gasteiger partial charge on any atom is 0.327 e. The Bertz CT molecular complexity index is 550. The van der Waals surface area contributed by atoms with Crippen LogP contribution in [0.1, 0.15) is 56.1 Å². The molecule has 1 aromatic heterocycles. The molecule has 0 spiro atoms. The van der Waals surface area contributed by atoms with Crippen LogP contribution in [0.25, 0.3) is 0 Å². The second-order valence-electron chi connectivity index (χ2n) is 6.58. The lowest BCUT2D eigenvalue weighted by Crippen LogP contribution is -2.23. The van der Waals surface area contributed by atoms with Gasteiger partial charge in [0.15, 0.2) is 0 Å². The van der Waals surface area contributed by atoms with Crippen LogP contribution in [0.2, 0.25) is 0 Å². The highest BCUT2D eigenvalue weighted by Gasteiger charge is 2.21. The van der Waals surface area contributed by atoms with E-state index >= 15 is 0 Å². The van der Waals surface area contributed by atoms with Crippen LogP contribution in [0.5, 0.6) is 0 Å². The molecule has 0 unspecified atom stereocenters. The van der Waals surface area contributed by atoms with Crippen LogP contribution in [0.15, 0.2) is 41.2 Å². The molecule has 4 heteroatoms. The predicted molar refractivity (Wildman–Crippen MR) is 93.8 cm³/mol. The van der Waals surface area contributed by atoms with Crippen molar-refractivity contribution in [3.05, 3.63) is 48.0 Å². The molecule has 1 aliphatic carbocycles. The van der Waals surface area contributed by atoms with Crippen LogP contribution in [0.3, 0.4) is 0 Å². The summed E-state index contributed by atoms with van der Waals surface area (Å²) in [7, 11) is 0. The Hall–Kier alpha value is -1.81. The van der Waals surface area contributed by atoms with Crippen LogP contribution in [0.4, 0.5) is 0 Å². The number of carboxylic acids is 1. The topological polar surface area (TPSA) is 70.7 Å². The lowest BCUT2D eigenvalue weighted by molar-refractivity contribution is -0.131. The maximum atomic E-state index is 10.4. The molecular formula is C20H28O4. The van der Waals surface area contributed by atoms with E-state index in [9.17, 15) is 9.90 Å². The normalized spacial score (nSPS) is 17.7. The second-order valence-corrected chi connectivity index (χ2v) is 6.58. The van der Waals surface area contributed by atoms with Gasteiger partial charge in [-0.1, -0.05) is 37.5 Å². The number of rotatable bonds is 9. The number of furan rings is 1. The van der Waals surface area contributed by atoms with Gasteiger partial charge in [-0.15, -0.1) is 0 Å². The van der Waals surface area contributed by atoms with Gasteiger partial charge in [0.1, 0.15) is 0 Å². The minimum atomic E-state index is -0.919. The predicted octanol–water partition coefficient (Wildman–Crippen LogP) is 4.28. The zero-order chi connectivity index (χ0) is 17.2. The number of hydrogen-bond donors (Lipinski definition) is 2. The second kappa shape index (κ2) is 10.1. The molecule has 0 aliphatic heterocycles. The first-order valence-electron chi connectivity index (χ1n) is 8.93. The third-order valence-electron chi connectivity index (χ3n) is 4.77. The highest BCUT2D eigenvalue weighted by Crippen LogP contribution is 2.28. The van der Waals surface area contributed by atoms with E-state index in [1.54, 1.807) is 18.6 Å². The number of carboxylic acid groups (broad SMARTS) is 1. The van der Waals surface area contributed by atoms with E-state index in [-0.39, 0.29) is 6.10 Å². The van der Waals surface area contributed by atoms with Crippen molar-refractivity contribution in [2.45, 2.75) is 63.9 Å². The quantitative estimate of drug-likeness (QED) is 0.523. The number of aliphatic carboxylic acids is 1. The number of carbonyl (C=O) groups is 1. The van der Waals surface area contributed by atoms with Crippen molar-refractivity contribution < 1.29 is 19.4 Å². The molecule has 1 atom stereocenters. The van der Waals surface area contributed by atoms with Gasteiger partial charge in [0.05, 0.1) is 18.6 Å². The molecule has 24 heavy (non-hydrogen) atoms. The molecule has 132 valence electrons.